The van der Waals surface area contributed by atoms with E-state index in [2.05, 4.69) is 11.3 Å². The summed E-state index contributed by atoms with van der Waals surface area (Å²) >= 11 is 0. The molecule has 7 heteroatoms. The highest BCUT2D eigenvalue weighted by atomic mass is 19.4. The Morgan fingerprint density at radius 1 is 1.24 bits per heavy atom. The Labute approximate surface area is 144 Å². The molecule has 1 heterocycles. The molecule has 25 heavy (non-hydrogen) atoms. The predicted octanol–water partition coefficient (Wildman–Crippen LogP) is 3.44. The number of carbonyl (C=O) groups is 1. The van der Waals surface area contributed by atoms with Crippen molar-refractivity contribution in [3.05, 3.63) is 48.1 Å². The van der Waals surface area contributed by atoms with Crippen molar-refractivity contribution in [3.8, 4) is 5.75 Å². The van der Waals surface area contributed by atoms with Crippen LogP contribution in [0, 0.1) is 0 Å². The van der Waals surface area contributed by atoms with E-state index in [1.807, 2.05) is 0 Å². The van der Waals surface area contributed by atoms with Gasteiger partial charge in [-0.2, -0.15) is 13.2 Å². The van der Waals surface area contributed by atoms with Gasteiger partial charge in [0.25, 0.3) is 0 Å². The monoisotopic (exact) mass is 355 g/mol. The van der Waals surface area contributed by atoms with Crippen molar-refractivity contribution in [2.45, 2.75) is 18.1 Å². The first-order chi connectivity index (χ1) is 11.7. The third-order valence-corrected chi connectivity index (χ3v) is 4.52. The fourth-order valence-corrected chi connectivity index (χ4v) is 2.93. The van der Waals surface area contributed by atoms with Crippen LogP contribution in [0.2, 0.25) is 0 Å². The number of esters is 1. The molecule has 1 aromatic carbocycles. The lowest BCUT2D eigenvalue weighted by Gasteiger charge is -2.43. The molecular weight excluding hydrogens is 335 g/mol. The maximum Gasteiger partial charge on any atom is 0.417 e. The lowest BCUT2D eigenvalue weighted by Crippen LogP contribution is -2.64. The number of hydrogen-bond donors (Lipinski definition) is 0. The van der Waals surface area contributed by atoms with Crippen LogP contribution in [0.15, 0.2) is 42.5 Å². The summed E-state index contributed by atoms with van der Waals surface area (Å²) in [4.78, 5) is 12.9. The number of nitrogens with zero attached hydrogens (tertiary/aromatic N) is 1. The van der Waals surface area contributed by atoms with Crippen molar-refractivity contribution in [2.75, 3.05) is 27.8 Å². The molecule has 0 bridgehead atoms. The second-order valence-corrected chi connectivity index (χ2v) is 5.85. The number of methoxy groups -OCH3 is 2. The van der Waals surface area contributed by atoms with Crippen LogP contribution < -0.4 is 4.74 Å². The van der Waals surface area contributed by atoms with E-state index in [1.165, 1.54) is 13.1 Å². The van der Waals surface area contributed by atoms with Gasteiger partial charge in [-0.15, -0.1) is 0 Å². The molecule has 0 radical (unpaired) electrons. The SMILES string of the molecule is C=C(C1=CCC(C(=O)OC)(C(F)(F)F)N(C)C1)c1ccc(OC)cc1. The Kier molecular flexibility index (Phi) is 5.27. The number of alkyl halides is 3. The summed E-state index contributed by atoms with van der Waals surface area (Å²) in [5.74, 6) is -0.638. The van der Waals surface area contributed by atoms with Crippen LogP contribution in [0.4, 0.5) is 13.2 Å². The first-order valence-corrected chi connectivity index (χ1v) is 7.56. The van der Waals surface area contributed by atoms with Crippen LogP contribution in [0.25, 0.3) is 5.57 Å². The van der Waals surface area contributed by atoms with Crippen molar-refractivity contribution in [3.63, 3.8) is 0 Å². The zero-order valence-corrected chi connectivity index (χ0v) is 14.3. The van der Waals surface area contributed by atoms with E-state index in [0.717, 1.165) is 17.6 Å². The van der Waals surface area contributed by atoms with Crippen molar-refractivity contribution in [2.24, 2.45) is 0 Å². The molecule has 0 fully saturated rings. The van der Waals surface area contributed by atoms with Gasteiger partial charge in [0.05, 0.1) is 14.2 Å². The average molecular weight is 355 g/mol. The summed E-state index contributed by atoms with van der Waals surface area (Å²) in [6.45, 7) is 3.91. The van der Waals surface area contributed by atoms with E-state index < -0.39 is 24.1 Å². The van der Waals surface area contributed by atoms with Crippen LogP contribution in [-0.2, 0) is 9.53 Å². The van der Waals surface area contributed by atoms with Crippen LogP contribution in [0.5, 0.6) is 5.75 Å². The number of rotatable bonds is 4. The van der Waals surface area contributed by atoms with E-state index in [4.69, 9.17) is 4.74 Å². The van der Waals surface area contributed by atoms with E-state index in [1.54, 1.807) is 31.4 Å². The first-order valence-electron chi connectivity index (χ1n) is 7.56. The minimum absolute atomic E-state index is 0.0700. The number of ether oxygens (including phenoxy) is 2. The number of benzene rings is 1. The molecule has 0 aromatic heterocycles. The highest BCUT2D eigenvalue weighted by Gasteiger charge is 2.64. The zero-order valence-electron chi connectivity index (χ0n) is 14.3. The van der Waals surface area contributed by atoms with Crippen molar-refractivity contribution in [1.29, 1.82) is 0 Å². The third kappa shape index (κ3) is 3.28. The van der Waals surface area contributed by atoms with Gasteiger partial charge in [0.2, 0.25) is 5.54 Å². The second kappa shape index (κ2) is 6.92. The van der Waals surface area contributed by atoms with Crippen LogP contribution in [0.3, 0.4) is 0 Å². The van der Waals surface area contributed by atoms with Crippen molar-refractivity contribution >= 4 is 11.5 Å². The molecule has 136 valence electrons. The smallest absolute Gasteiger partial charge is 0.417 e. The molecule has 0 N–H and O–H groups in total. The van der Waals surface area contributed by atoms with Crippen LogP contribution >= 0.6 is 0 Å². The Morgan fingerprint density at radius 3 is 2.28 bits per heavy atom. The molecule has 2 rings (SSSR count). The van der Waals surface area contributed by atoms with Crippen molar-refractivity contribution in [1.82, 2.24) is 4.90 Å². The summed E-state index contributed by atoms with van der Waals surface area (Å²) in [7, 11) is 3.77. The Hall–Kier alpha value is -2.28. The van der Waals surface area contributed by atoms with Gasteiger partial charge < -0.3 is 9.47 Å². The standard InChI is InChI=1S/C18H20F3NO3/c1-12(13-5-7-15(24-3)8-6-13)14-9-10-17(16(23)25-4,18(19,20)21)22(2)11-14/h5-9H,1,10-11H2,2-4H3. The maximum absolute atomic E-state index is 13.6. The lowest BCUT2D eigenvalue weighted by atomic mass is 9.84. The summed E-state index contributed by atoms with van der Waals surface area (Å²) in [6.07, 6.45) is -3.86. The highest BCUT2D eigenvalue weighted by molar-refractivity contribution is 5.84. The molecule has 0 spiro atoms. The molecule has 1 aliphatic rings. The number of carbonyl (C=O) groups excluding carboxylic acids is 1. The minimum atomic E-state index is -4.75. The fraction of sp³-hybridized carbons (Fsp3) is 0.389. The number of halogens is 3. The summed E-state index contributed by atoms with van der Waals surface area (Å²) in [5.41, 5.74) is -0.657. The van der Waals surface area contributed by atoms with E-state index in [9.17, 15) is 18.0 Å². The molecule has 1 aliphatic heterocycles. The van der Waals surface area contributed by atoms with Gasteiger partial charge in [-0.05, 0) is 35.9 Å². The van der Waals surface area contributed by atoms with Gasteiger partial charge in [0.15, 0.2) is 0 Å². The third-order valence-electron chi connectivity index (χ3n) is 4.52. The summed E-state index contributed by atoms with van der Waals surface area (Å²) < 4.78 is 50.3. The Balaban J connectivity index is 2.33. The molecule has 0 saturated carbocycles. The van der Waals surface area contributed by atoms with E-state index >= 15 is 0 Å². The Bertz CT molecular complexity index is 695. The fourth-order valence-electron chi connectivity index (χ4n) is 2.93. The van der Waals surface area contributed by atoms with Crippen LogP contribution in [-0.4, -0.2) is 50.4 Å². The molecule has 1 unspecified atom stereocenters. The van der Waals surface area contributed by atoms with Gasteiger partial charge in [0.1, 0.15) is 5.75 Å². The molecule has 4 nitrogen and oxygen atoms in total. The topological polar surface area (TPSA) is 38.8 Å². The summed E-state index contributed by atoms with van der Waals surface area (Å²) in [5, 5.41) is 0. The highest BCUT2D eigenvalue weighted by Crippen LogP contribution is 2.43. The first kappa shape index (κ1) is 19.1. The normalized spacial score (nSPS) is 21.4. The molecule has 0 aliphatic carbocycles. The molecule has 1 aromatic rings. The van der Waals surface area contributed by atoms with Gasteiger partial charge in [-0.1, -0.05) is 24.8 Å². The summed E-state index contributed by atoms with van der Waals surface area (Å²) in [6, 6.07) is 7.08. The molecule has 1 atom stereocenters. The molecule has 0 saturated heterocycles. The van der Waals surface area contributed by atoms with Crippen LogP contribution in [0.1, 0.15) is 12.0 Å². The minimum Gasteiger partial charge on any atom is -0.497 e. The molecular formula is C18H20F3NO3. The van der Waals surface area contributed by atoms with Gasteiger partial charge in [0, 0.05) is 13.0 Å². The van der Waals surface area contributed by atoms with E-state index in [-0.39, 0.29) is 6.54 Å². The Morgan fingerprint density at radius 2 is 1.84 bits per heavy atom. The van der Waals surface area contributed by atoms with Gasteiger partial charge in [-0.3, -0.25) is 4.90 Å². The van der Waals surface area contributed by atoms with Gasteiger partial charge in [-0.25, -0.2) is 4.79 Å². The van der Waals surface area contributed by atoms with E-state index in [0.29, 0.717) is 16.9 Å². The predicted molar refractivity (Wildman–Crippen MR) is 88.2 cm³/mol. The zero-order chi connectivity index (χ0) is 18.8. The maximum atomic E-state index is 13.6. The molecule has 0 amide bonds. The largest absolute Gasteiger partial charge is 0.497 e. The second-order valence-electron chi connectivity index (χ2n) is 5.85. The average Bonchev–Trinajstić information content (AvgIpc) is 2.59. The quantitative estimate of drug-likeness (QED) is 0.776. The lowest BCUT2D eigenvalue weighted by molar-refractivity contribution is -0.236. The van der Waals surface area contributed by atoms with Crippen molar-refractivity contribution < 1.29 is 27.4 Å². The number of hydrogen-bond acceptors (Lipinski definition) is 4. The number of likely N-dealkylation sites (N-methyl/N-ethyl adjacent to an activating group) is 1. The van der Waals surface area contributed by atoms with Gasteiger partial charge >= 0.3 is 12.1 Å².